The van der Waals surface area contributed by atoms with Crippen LogP contribution in [0.25, 0.3) is 0 Å². The van der Waals surface area contributed by atoms with Crippen molar-refractivity contribution in [1.29, 1.82) is 0 Å². The number of nitrogens with zero attached hydrogens (tertiary/aromatic N) is 1. The van der Waals surface area contributed by atoms with Gasteiger partial charge in [0.15, 0.2) is 0 Å². The SMILES string of the molecule is CNc1ccnc(F)c1C. The Labute approximate surface area is 59.1 Å². The highest BCUT2D eigenvalue weighted by Crippen LogP contribution is 2.13. The maximum atomic E-state index is 12.6. The first kappa shape index (κ1) is 6.99. The van der Waals surface area contributed by atoms with E-state index in [0.29, 0.717) is 5.56 Å². The summed E-state index contributed by atoms with van der Waals surface area (Å²) in [7, 11) is 1.75. The predicted octanol–water partition coefficient (Wildman–Crippen LogP) is 1.57. The van der Waals surface area contributed by atoms with Crippen molar-refractivity contribution >= 4 is 5.69 Å². The van der Waals surface area contributed by atoms with E-state index in [-0.39, 0.29) is 0 Å². The maximum absolute atomic E-state index is 12.6. The Morgan fingerprint density at radius 3 is 2.80 bits per heavy atom. The second kappa shape index (κ2) is 2.64. The molecule has 0 aromatic carbocycles. The van der Waals surface area contributed by atoms with Gasteiger partial charge in [-0.25, -0.2) is 4.98 Å². The Balaban J connectivity index is 3.14. The molecule has 2 nitrogen and oxygen atoms in total. The average molecular weight is 140 g/mol. The first-order valence-corrected chi connectivity index (χ1v) is 3.04. The third kappa shape index (κ3) is 1.07. The molecule has 0 atom stereocenters. The van der Waals surface area contributed by atoms with E-state index in [1.807, 2.05) is 0 Å². The Morgan fingerprint density at radius 2 is 2.30 bits per heavy atom. The standard InChI is InChI=1S/C7H9FN2/c1-5-6(9-2)3-4-10-7(5)8/h3-4H,1-2H3,(H,9,10). The van der Waals surface area contributed by atoms with E-state index in [2.05, 4.69) is 10.3 Å². The van der Waals surface area contributed by atoms with Crippen molar-refractivity contribution in [2.75, 3.05) is 12.4 Å². The Kier molecular flexibility index (Phi) is 1.85. The molecule has 1 rings (SSSR count). The minimum absolute atomic E-state index is 0.410. The summed E-state index contributed by atoms with van der Waals surface area (Å²) in [6, 6.07) is 1.73. The minimum Gasteiger partial charge on any atom is -0.388 e. The molecule has 0 unspecified atom stereocenters. The molecule has 0 spiro atoms. The van der Waals surface area contributed by atoms with Crippen LogP contribution in [-0.4, -0.2) is 12.0 Å². The quantitative estimate of drug-likeness (QED) is 0.599. The third-order valence-corrected chi connectivity index (χ3v) is 1.41. The lowest BCUT2D eigenvalue weighted by atomic mass is 10.2. The normalized spacial score (nSPS) is 9.50. The molecule has 0 aliphatic carbocycles. The summed E-state index contributed by atoms with van der Waals surface area (Å²) in [5.41, 5.74) is 1.34. The molecule has 3 heteroatoms. The van der Waals surface area contributed by atoms with Crippen LogP contribution in [0, 0.1) is 12.9 Å². The molecule has 0 fully saturated rings. The van der Waals surface area contributed by atoms with Crippen LogP contribution in [0.4, 0.5) is 10.1 Å². The predicted molar refractivity (Wildman–Crippen MR) is 38.5 cm³/mol. The molecule has 54 valence electrons. The highest BCUT2D eigenvalue weighted by Gasteiger charge is 2.00. The van der Waals surface area contributed by atoms with Crippen LogP contribution < -0.4 is 5.32 Å². The third-order valence-electron chi connectivity index (χ3n) is 1.41. The van der Waals surface area contributed by atoms with Crippen molar-refractivity contribution in [3.05, 3.63) is 23.8 Å². The van der Waals surface area contributed by atoms with Crippen molar-refractivity contribution in [3.63, 3.8) is 0 Å². The van der Waals surface area contributed by atoms with Gasteiger partial charge in [-0.05, 0) is 13.0 Å². The maximum Gasteiger partial charge on any atom is 0.217 e. The van der Waals surface area contributed by atoms with Gasteiger partial charge in [-0.1, -0.05) is 0 Å². The van der Waals surface area contributed by atoms with E-state index < -0.39 is 5.95 Å². The number of anilines is 1. The molecule has 1 aromatic rings. The van der Waals surface area contributed by atoms with Gasteiger partial charge in [0.2, 0.25) is 5.95 Å². The van der Waals surface area contributed by atoms with E-state index in [4.69, 9.17) is 0 Å². The first-order chi connectivity index (χ1) is 4.75. The summed E-state index contributed by atoms with van der Waals surface area (Å²) in [5, 5.41) is 2.86. The number of rotatable bonds is 1. The van der Waals surface area contributed by atoms with E-state index in [1.165, 1.54) is 6.20 Å². The molecule has 0 aliphatic rings. The van der Waals surface area contributed by atoms with Crippen LogP contribution >= 0.6 is 0 Å². The molecule has 0 amide bonds. The lowest BCUT2D eigenvalue weighted by Crippen LogP contribution is -1.95. The van der Waals surface area contributed by atoms with Gasteiger partial charge in [-0.15, -0.1) is 0 Å². The smallest absolute Gasteiger partial charge is 0.217 e. The molecule has 0 bridgehead atoms. The van der Waals surface area contributed by atoms with Gasteiger partial charge in [0.1, 0.15) is 0 Å². The zero-order valence-electron chi connectivity index (χ0n) is 5.98. The molecular weight excluding hydrogens is 131 g/mol. The second-order valence-corrected chi connectivity index (χ2v) is 2.02. The molecule has 0 radical (unpaired) electrons. The Bertz CT molecular complexity index is 235. The van der Waals surface area contributed by atoms with Crippen molar-refractivity contribution in [2.24, 2.45) is 0 Å². The zero-order valence-corrected chi connectivity index (χ0v) is 5.98. The van der Waals surface area contributed by atoms with Gasteiger partial charge in [0, 0.05) is 24.5 Å². The summed E-state index contributed by atoms with van der Waals surface area (Å²) in [6.45, 7) is 1.69. The van der Waals surface area contributed by atoms with E-state index in [0.717, 1.165) is 5.69 Å². The molecule has 0 aliphatic heterocycles. The van der Waals surface area contributed by atoms with Gasteiger partial charge in [-0.2, -0.15) is 4.39 Å². The number of hydrogen-bond acceptors (Lipinski definition) is 2. The fraction of sp³-hybridized carbons (Fsp3) is 0.286. The topological polar surface area (TPSA) is 24.9 Å². The lowest BCUT2D eigenvalue weighted by Gasteiger charge is -2.02. The van der Waals surface area contributed by atoms with Gasteiger partial charge in [0.25, 0.3) is 0 Å². The zero-order chi connectivity index (χ0) is 7.56. The first-order valence-electron chi connectivity index (χ1n) is 3.04. The number of hydrogen-bond donors (Lipinski definition) is 1. The number of nitrogens with one attached hydrogen (secondary N) is 1. The van der Waals surface area contributed by atoms with Crippen LogP contribution in [0.2, 0.25) is 0 Å². The van der Waals surface area contributed by atoms with E-state index in [9.17, 15) is 4.39 Å². The van der Waals surface area contributed by atoms with E-state index in [1.54, 1.807) is 20.0 Å². The monoisotopic (exact) mass is 140 g/mol. The largest absolute Gasteiger partial charge is 0.388 e. The van der Waals surface area contributed by atoms with Crippen molar-refractivity contribution in [3.8, 4) is 0 Å². The van der Waals surface area contributed by atoms with Gasteiger partial charge < -0.3 is 5.32 Å². The molecule has 1 heterocycles. The van der Waals surface area contributed by atoms with Crippen LogP contribution in [0.1, 0.15) is 5.56 Å². The molecule has 0 saturated carbocycles. The van der Waals surface area contributed by atoms with Crippen molar-refractivity contribution < 1.29 is 4.39 Å². The van der Waals surface area contributed by atoms with Crippen molar-refractivity contribution in [1.82, 2.24) is 4.98 Å². The number of aromatic nitrogens is 1. The van der Waals surface area contributed by atoms with Crippen LogP contribution in [-0.2, 0) is 0 Å². The number of pyridine rings is 1. The van der Waals surface area contributed by atoms with Crippen LogP contribution in [0.3, 0.4) is 0 Å². The Morgan fingerprint density at radius 1 is 1.60 bits per heavy atom. The van der Waals surface area contributed by atoms with Crippen molar-refractivity contribution in [2.45, 2.75) is 6.92 Å². The minimum atomic E-state index is -0.410. The molecular formula is C7H9FN2. The highest BCUT2D eigenvalue weighted by molar-refractivity contribution is 5.48. The number of halogens is 1. The molecule has 10 heavy (non-hydrogen) atoms. The van der Waals surface area contributed by atoms with E-state index >= 15 is 0 Å². The Hall–Kier alpha value is -1.12. The van der Waals surface area contributed by atoms with Gasteiger partial charge >= 0.3 is 0 Å². The second-order valence-electron chi connectivity index (χ2n) is 2.02. The fourth-order valence-electron chi connectivity index (χ4n) is 0.781. The summed E-state index contributed by atoms with van der Waals surface area (Å²) >= 11 is 0. The van der Waals surface area contributed by atoms with Gasteiger partial charge in [0.05, 0.1) is 0 Å². The summed E-state index contributed by atoms with van der Waals surface area (Å²) in [4.78, 5) is 3.48. The lowest BCUT2D eigenvalue weighted by molar-refractivity contribution is 0.575. The highest BCUT2D eigenvalue weighted by atomic mass is 19.1. The fourth-order valence-corrected chi connectivity index (χ4v) is 0.781. The van der Waals surface area contributed by atoms with Crippen LogP contribution in [0.5, 0.6) is 0 Å². The van der Waals surface area contributed by atoms with Crippen LogP contribution in [0.15, 0.2) is 12.3 Å². The summed E-state index contributed by atoms with van der Waals surface area (Å²) < 4.78 is 12.6. The molecule has 1 aromatic heterocycles. The summed E-state index contributed by atoms with van der Waals surface area (Å²) in [5.74, 6) is -0.410. The average Bonchev–Trinajstić information content (AvgIpc) is 1.95. The molecule has 1 N–H and O–H groups in total. The summed E-state index contributed by atoms with van der Waals surface area (Å²) in [6.07, 6.45) is 1.44. The van der Waals surface area contributed by atoms with Gasteiger partial charge in [-0.3, -0.25) is 0 Å². The molecule has 0 saturated heterocycles.